The topological polar surface area (TPSA) is 82.3 Å². The average Bonchev–Trinajstić information content (AvgIpc) is 2.44. The zero-order valence-corrected chi connectivity index (χ0v) is 10.9. The zero-order valence-electron chi connectivity index (χ0n) is 10.9. The Hall–Kier alpha value is -2.50. The minimum atomic E-state index is 0.443. The molecule has 100 valence electrons. The van der Waals surface area contributed by atoms with Crippen LogP contribution in [0.1, 0.15) is 5.56 Å². The summed E-state index contributed by atoms with van der Waals surface area (Å²) in [5.41, 5.74) is 7.49. The van der Waals surface area contributed by atoms with Gasteiger partial charge in [-0.1, -0.05) is 12.1 Å². The van der Waals surface area contributed by atoms with Crippen LogP contribution in [0.4, 0.5) is 11.6 Å². The monoisotopic (exact) mass is 260 g/mol. The van der Waals surface area contributed by atoms with Crippen LogP contribution in [0.5, 0.6) is 11.8 Å². The molecule has 0 fully saturated rings. The molecule has 0 atom stereocenters. The second-order valence-electron chi connectivity index (χ2n) is 3.87. The van der Waals surface area contributed by atoms with E-state index in [1.807, 2.05) is 24.3 Å². The molecule has 19 heavy (non-hydrogen) atoms. The first kappa shape index (κ1) is 12.9. The highest BCUT2D eigenvalue weighted by atomic mass is 16.5. The number of ether oxygens (including phenoxy) is 2. The third-order valence-electron chi connectivity index (χ3n) is 2.50. The summed E-state index contributed by atoms with van der Waals surface area (Å²) in [6.07, 6.45) is 0. The smallest absolute Gasteiger partial charge is 0.229 e. The minimum absolute atomic E-state index is 0.443. The van der Waals surface area contributed by atoms with Gasteiger partial charge in [0.25, 0.3) is 0 Å². The van der Waals surface area contributed by atoms with Crippen LogP contribution in [0, 0.1) is 0 Å². The standard InChI is InChI=1S/C13H16N4O2/c1-18-11-7-12(19-2)17-13(16-11)15-8-9-4-3-5-10(14)6-9/h3-7H,8,14H2,1-2H3,(H,15,16,17). The van der Waals surface area contributed by atoms with Crippen molar-refractivity contribution in [3.63, 3.8) is 0 Å². The molecule has 0 bridgehead atoms. The highest BCUT2D eigenvalue weighted by molar-refractivity contribution is 5.42. The molecule has 6 heteroatoms. The van der Waals surface area contributed by atoms with Crippen LogP contribution in [0.25, 0.3) is 0 Å². The molecule has 0 radical (unpaired) electrons. The molecule has 2 aromatic rings. The molecule has 1 aromatic heterocycles. The molecular formula is C13H16N4O2. The lowest BCUT2D eigenvalue weighted by atomic mass is 10.2. The zero-order chi connectivity index (χ0) is 13.7. The number of hydrogen-bond donors (Lipinski definition) is 2. The van der Waals surface area contributed by atoms with Gasteiger partial charge in [0.1, 0.15) is 0 Å². The van der Waals surface area contributed by atoms with Crippen molar-refractivity contribution >= 4 is 11.6 Å². The molecule has 0 saturated heterocycles. The normalized spacial score (nSPS) is 10.0. The Bertz CT molecular complexity index is 538. The van der Waals surface area contributed by atoms with Crippen molar-refractivity contribution in [2.75, 3.05) is 25.3 Å². The third kappa shape index (κ3) is 3.48. The molecule has 3 N–H and O–H groups in total. The number of anilines is 2. The van der Waals surface area contributed by atoms with Gasteiger partial charge in [0, 0.05) is 12.2 Å². The Balaban J connectivity index is 2.10. The van der Waals surface area contributed by atoms with Gasteiger partial charge in [0.2, 0.25) is 17.7 Å². The van der Waals surface area contributed by atoms with Crippen LogP contribution in [-0.4, -0.2) is 24.2 Å². The number of aromatic nitrogens is 2. The number of nitrogen functional groups attached to an aromatic ring is 1. The Morgan fingerprint density at radius 1 is 1.11 bits per heavy atom. The van der Waals surface area contributed by atoms with E-state index in [0.29, 0.717) is 24.3 Å². The molecule has 2 rings (SSSR count). The predicted molar refractivity (Wildman–Crippen MR) is 73.3 cm³/mol. The van der Waals surface area contributed by atoms with Crippen LogP contribution < -0.4 is 20.5 Å². The maximum Gasteiger partial charge on any atom is 0.229 e. The molecule has 0 saturated carbocycles. The Kier molecular flexibility index (Phi) is 4.02. The SMILES string of the molecule is COc1cc(OC)nc(NCc2cccc(N)c2)n1. The van der Waals surface area contributed by atoms with Gasteiger partial charge in [-0.3, -0.25) is 0 Å². The van der Waals surface area contributed by atoms with Crippen molar-refractivity contribution in [3.8, 4) is 11.8 Å². The molecule has 0 aliphatic carbocycles. The summed E-state index contributed by atoms with van der Waals surface area (Å²) < 4.78 is 10.2. The first-order valence-corrected chi connectivity index (χ1v) is 5.76. The number of benzene rings is 1. The van der Waals surface area contributed by atoms with Gasteiger partial charge in [0.15, 0.2) is 0 Å². The van der Waals surface area contributed by atoms with E-state index in [1.54, 1.807) is 20.3 Å². The predicted octanol–water partition coefficient (Wildman–Crippen LogP) is 1.69. The highest BCUT2D eigenvalue weighted by Gasteiger charge is 2.05. The first-order chi connectivity index (χ1) is 9.21. The number of rotatable bonds is 5. The highest BCUT2D eigenvalue weighted by Crippen LogP contribution is 2.18. The van der Waals surface area contributed by atoms with Crippen molar-refractivity contribution in [2.24, 2.45) is 0 Å². The third-order valence-corrected chi connectivity index (χ3v) is 2.50. The number of nitrogens with two attached hydrogens (primary N) is 1. The number of hydrogen-bond acceptors (Lipinski definition) is 6. The van der Waals surface area contributed by atoms with Gasteiger partial charge in [0.05, 0.1) is 20.3 Å². The minimum Gasteiger partial charge on any atom is -0.481 e. The fourth-order valence-corrected chi connectivity index (χ4v) is 1.58. The van der Waals surface area contributed by atoms with Crippen molar-refractivity contribution in [3.05, 3.63) is 35.9 Å². The van der Waals surface area contributed by atoms with Gasteiger partial charge in [-0.2, -0.15) is 9.97 Å². The summed E-state index contributed by atoms with van der Waals surface area (Å²) in [5.74, 6) is 1.34. The maximum absolute atomic E-state index is 5.72. The van der Waals surface area contributed by atoms with Crippen LogP contribution >= 0.6 is 0 Å². The van der Waals surface area contributed by atoms with Crippen molar-refractivity contribution in [1.82, 2.24) is 9.97 Å². The molecule has 1 heterocycles. The van der Waals surface area contributed by atoms with Gasteiger partial charge in [-0.15, -0.1) is 0 Å². The van der Waals surface area contributed by atoms with Crippen LogP contribution in [0.2, 0.25) is 0 Å². The number of methoxy groups -OCH3 is 2. The summed E-state index contributed by atoms with van der Waals surface area (Å²) in [7, 11) is 3.09. The lowest BCUT2D eigenvalue weighted by Gasteiger charge is -2.08. The number of nitrogens with zero attached hydrogens (tertiary/aromatic N) is 2. The van der Waals surface area contributed by atoms with E-state index in [4.69, 9.17) is 15.2 Å². The Labute approximate surface area is 111 Å². The summed E-state index contributed by atoms with van der Waals surface area (Å²) in [5, 5.41) is 3.10. The maximum atomic E-state index is 5.72. The average molecular weight is 260 g/mol. The fraction of sp³-hybridized carbons (Fsp3) is 0.231. The second kappa shape index (κ2) is 5.90. The van der Waals surface area contributed by atoms with E-state index in [-0.39, 0.29) is 0 Å². The molecule has 6 nitrogen and oxygen atoms in total. The number of nitrogens with one attached hydrogen (secondary N) is 1. The summed E-state index contributed by atoms with van der Waals surface area (Å²) in [4.78, 5) is 8.36. The quantitative estimate of drug-likeness (QED) is 0.796. The van der Waals surface area contributed by atoms with E-state index in [1.165, 1.54) is 0 Å². The molecular weight excluding hydrogens is 244 g/mol. The molecule has 0 unspecified atom stereocenters. The fourth-order valence-electron chi connectivity index (χ4n) is 1.58. The van der Waals surface area contributed by atoms with E-state index in [0.717, 1.165) is 11.3 Å². The van der Waals surface area contributed by atoms with Crippen molar-refractivity contribution in [1.29, 1.82) is 0 Å². The molecule has 0 aliphatic rings. The van der Waals surface area contributed by atoms with Gasteiger partial charge in [-0.05, 0) is 17.7 Å². The van der Waals surface area contributed by atoms with Crippen LogP contribution in [-0.2, 0) is 6.54 Å². The molecule has 0 aliphatic heterocycles. The second-order valence-corrected chi connectivity index (χ2v) is 3.87. The van der Waals surface area contributed by atoms with Crippen LogP contribution in [0.15, 0.2) is 30.3 Å². The molecule has 0 amide bonds. The van der Waals surface area contributed by atoms with Gasteiger partial charge >= 0.3 is 0 Å². The summed E-state index contributed by atoms with van der Waals surface area (Å²) in [6, 6.07) is 9.23. The summed E-state index contributed by atoms with van der Waals surface area (Å²) in [6.45, 7) is 0.571. The first-order valence-electron chi connectivity index (χ1n) is 5.76. The Morgan fingerprint density at radius 3 is 2.37 bits per heavy atom. The van der Waals surface area contributed by atoms with Crippen molar-refractivity contribution in [2.45, 2.75) is 6.54 Å². The van der Waals surface area contributed by atoms with Gasteiger partial charge in [-0.25, -0.2) is 0 Å². The molecule has 0 spiro atoms. The largest absolute Gasteiger partial charge is 0.481 e. The summed E-state index contributed by atoms with van der Waals surface area (Å²) >= 11 is 0. The van der Waals surface area contributed by atoms with Gasteiger partial charge < -0.3 is 20.5 Å². The van der Waals surface area contributed by atoms with Crippen molar-refractivity contribution < 1.29 is 9.47 Å². The van der Waals surface area contributed by atoms with E-state index < -0.39 is 0 Å². The van der Waals surface area contributed by atoms with Crippen LogP contribution in [0.3, 0.4) is 0 Å². The van der Waals surface area contributed by atoms with E-state index >= 15 is 0 Å². The van der Waals surface area contributed by atoms with E-state index in [2.05, 4.69) is 15.3 Å². The molecule has 1 aromatic carbocycles. The lowest BCUT2D eigenvalue weighted by molar-refractivity contribution is 0.373. The van der Waals surface area contributed by atoms with E-state index in [9.17, 15) is 0 Å². The lowest BCUT2D eigenvalue weighted by Crippen LogP contribution is -2.05. The Morgan fingerprint density at radius 2 is 1.79 bits per heavy atom.